The van der Waals surface area contributed by atoms with Gasteiger partial charge in [-0.2, -0.15) is 12.6 Å². The molecule has 108 valence electrons. The summed E-state index contributed by atoms with van der Waals surface area (Å²) in [7, 11) is 0. The molecule has 0 aromatic carbocycles. The standard InChI is InChI=1S/C15H21N3S2/c19-11-15(8-4-1-2-5-9-15)12-20-14-17-16-13-7-3-6-10-18(13)14/h3,6-7,10,19H,1-2,4-5,8-9,11-12H2. The lowest BCUT2D eigenvalue weighted by Gasteiger charge is -2.30. The third-order valence-electron chi connectivity index (χ3n) is 4.29. The molecule has 5 heteroatoms. The molecule has 2 aromatic rings. The molecule has 0 spiro atoms. The molecule has 0 unspecified atom stereocenters. The molecule has 0 aliphatic heterocycles. The van der Waals surface area contributed by atoms with Crippen LogP contribution in [0.5, 0.6) is 0 Å². The zero-order valence-electron chi connectivity index (χ0n) is 11.7. The Kier molecular flexibility index (Phi) is 4.56. The average molecular weight is 307 g/mol. The predicted octanol–water partition coefficient (Wildman–Crippen LogP) is 4.09. The van der Waals surface area contributed by atoms with Crippen molar-refractivity contribution in [1.29, 1.82) is 0 Å². The molecular formula is C15H21N3S2. The molecule has 3 rings (SSSR count). The molecule has 0 atom stereocenters. The minimum Gasteiger partial charge on any atom is -0.277 e. The summed E-state index contributed by atoms with van der Waals surface area (Å²) in [5.74, 6) is 2.09. The highest BCUT2D eigenvalue weighted by Crippen LogP contribution is 2.40. The number of aromatic nitrogens is 3. The molecule has 2 aromatic heterocycles. The molecule has 1 fully saturated rings. The van der Waals surface area contributed by atoms with E-state index in [1.54, 1.807) is 0 Å². The van der Waals surface area contributed by atoms with Gasteiger partial charge >= 0.3 is 0 Å². The van der Waals surface area contributed by atoms with Crippen LogP contribution in [0, 0.1) is 5.41 Å². The monoisotopic (exact) mass is 307 g/mol. The van der Waals surface area contributed by atoms with Gasteiger partial charge in [0.25, 0.3) is 0 Å². The number of hydrogen-bond donors (Lipinski definition) is 1. The molecule has 1 aliphatic rings. The largest absolute Gasteiger partial charge is 0.277 e. The summed E-state index contributed by atoms with van der Waals surface area (Å²) in [6, 6.07) is 6.02. The minimum atomic E-state index is 0.380. The first-order chi connectivity index (χ1) is 9.83. The van der Waals surface area contributed by atoms with E-state index < -0.39 is 0 Å². The third kappa shape index (κ3) is 2.98. The van der Waals surface area contributed by atoms with Crippen LogP contribution >= 0.6 is 24.4 Å². The van der Waals surface area contributed by atoms with Crippen molar-refractivity contribution in [1.82, 2.24) is 14.6 Å². The zero-order valence-corrected chi connectivity index (χ0v) is 13.4. The number of pyridine rings is 1. The number of hydrogen-bond acceptors (Lipinski definition) is 4. The number of thioether (sulfide) groups is 1. The molecule has 0 radical (unpaired) electrons. The lowest BCUT2D eigenvalue weighted by molar-refractivity contribution is 0.332. The fourth-order valence-corrected chi connectivity index (χ4v) is 4.76. The van der Waals surface area contributed by atoms with Crippen molar-refractivity contribution in [2.45, 2.75) is 43.7 Å². The lowest BCUT2D eigenvalue weighted by Crippen LogP contribution is -2.25. The molecule has 0 saturated heterocycles. The van der Waals surface area contributed by atoms with Gasteiger partial charge in [-0.05, 0) is 36.1 Å². The van der Waals surface area contributed by atoms with E-state index in [1.165, 1.54) is 38.5 Å². The second-order valence-corrected chi connectivity index (χ2v) is 7.03. The Morgan fingerprint density at radius 1 is 1.15 bits per heavy atom. The van der Waals surface area contributed by atoms with Crippen LogP contribution < -0.4 is 0 Å². The Labute approximate surface area is 130 Å². The Morgan fingerprint density at radius 2 is 1.95 bits per heavy atom. The van der Waals surface area contributed by atoms with Gasteiger partial charge in [-0.25, -0.2) is 0 Å². The number of thiol groups is 1. The summed E-state index contributed by atoms with van der Waals surface area (Å²) in [5, 5.41) is 9.55. The van der Waals surface area contributed by atoms with Crippen molar-refractivity contribution in [3.8, 4) is 0 Å². The Hall–Kier alpha value is -0.680. The van der Waals surface area contributed by atoms with E-state index in [2.05, 4.69) is 27.2 Å². The number of fused-ring (bicyclic) bond motifs is 1. The fourth-order valence-electron chi connectivity index (χ4n) is 2.96. The molecule has 0 N–H and O–H groups in total. The highest BCUT2D eigenvalue weighted by Gasteiger charge is 2.30. The maximum atomic E-state index is 4.65. The van der Waals surface area contributed by atoms with Gasteiger partial charge in [0.15, 0.2) is 10.8 Å². The molecule has 2 heterocycles. The van der Waals surface area contributed by atoms with E-state index in [1.807, 2.05) is 36.2 Å². The highest BCUT2D eigenvalue weighted by molar-refractivity contribution is 7.99. The van der Waals surface area contributed by atoms with Crippen LogP contribution in [0.1, 0.15) is 38.5 Å². The normalized spacial score (nSPS) is 19.1. The van der Waals surface area contributed by atoms with Gasteiger partial charge in [0.2, 0.25) is 0 Å². The molecule has 1 saturated carbocycles. The minimum absolute atomic E-state index is 0.380. The van der Waals surface area contributed by atoms with Gasteiger partial charge in [-0.15, -0.1) is 10.2 Å². The van der Waals surface area contributed by atoms with Crippen molar-refractivity contribution in [2.24, 2.45) is 5.41 Å². The van der Waals surface area contributed by atoms with Gasteiger partial charge < -0.3 is 0 Å². The topological polar surface area (TPSA) is 30.2 Å². The van der Waals surface area contributed by atoms with Crippen molar-refractivity contribution in [2.75, 3.05) is 11.5 Å². The summed E-state index contributed by atoms with van der Waals surface area (Å²) < 4.78 is 2.08. The molecule has 0 bridgehead atoms. The van der Waals surface area contributed by atoms with Gasteiger partial charge in [0.1, 0.15) is 0 Å². The molecule has 0 amide bonds. The van der Waals surface area contributed by atoms with E-state index in [9.17, 15) is 0 Å². The van der Waals surface area contributed by atoms with Crippen LogP contribution in [0.2, 0.25) is 0 Å². The van der Waals surface area contributed by atoms with Gasteiger partial charge in [0.05, 0.1) is 0 Å². The molecule has 20 heavy (non-hydrogen) atoms. The van der Waals surface area contributed by atoms with Crippen LogP contribution in [0.25, 0.3) is 5.65 Å². The SMILES string of the molecule is SCC1(CSc2nnc3ccccn23)CCCCCC1. The Bertz CT molecular complexity index is 559. The van der Waals surface area contributed by atoms with Crippen LogP contribution in [0.4, 0.5) is 0 Å². The maximum absolute atomic E-state index is 4.65. The molecule has 3 nitrogen and oxygen atoms in total. The third-order valence-corrected chi connectivity index (χ3v) is 6.25. The van der Waals surface area contributed by atoms with E-state index in [0.29, 0.717) is 5.41 Å². The van der Waals surface area contributed by atoms with Crippen LogP contribution in [-0.2, 0) is 0 Å². The summed E-state index contributed by atoms with van der Waals surface area (Å²) in [4.78, 5) is 0. The van der Waals surface area contributed by atoms with Gasteiger partial charge in [-0.3, -0.25) is 4.40 Å². The number of rotatable bonds is 4. The van der Waals surface area contributed by atoms with Crippen molar-refractivity contribution < 1.29 is 0 Å². The second-order valence-electron chi connectivity index (χ2n) is 5.77. The summed E-state index contributed by atoms with van der Waals surface area (Å²) in [5.41, 5.74) is 1.31. The Balaban J connectivity index is 1.74. The Morgan fingerprint density at radius 3 is 2.70 bits per heavy atom. The molecular weight excluding hydrogens is 286 g/mol. The first kappa shape index (κ1) is 14.3. The van der Waals surface area contributed by atoms with E-state index in [4.69, 9.17) is 0 Å². The maximum Gasteiger partial charge on any atom is 0.195 e. The quantitative estimate of drug-likeness (QED) is 0.524. The average Bonchev–Trinajstić information content (AvgIpc) is 2.76. The highest BCUT2D eigenvalue weighted by atomic mass is 32.2. The van der Waals surface area contributed by atoms with Crippen molar-refractivity contribution in [3.05, 3.63) is 24.4 Å². The summed E-state index contributed by atoms with van der Waals surface area (Å²) in [6.07, 6.45) is 10.1. The van der Waals surface area contributed by atoms with E-state index in [-0.39, 0.29) is 0 Å². The smallest absolute Gasteiger partial charge is 0.195 e. The van der Waals surface area contributed by atoms with Crippen LogP contribution in [0.3, 0.4) is 0 Å². The molecule has 1 aliphatic carbocycles. The van der Waals surface area contributed by atoms with Crippen LogP contribution in [-0.4, -0.2) is 26.1 Å². The zero-order chi connectivity index (χ0) is 13.8. The summed E-state index contributed by atoms with van der Waals surface area (Å²) in [6.45, 7) is 0. The van der Waals surface area contributed by atoms with Crippen LogP contribution in [0.15, 0.2) is 29.6 Å². The van der Waals surface area contributed by atoms with E-state index >= 15 is 0 Å². The fraction of sp³-hybridized carbons (Fsp3) is 0.600. The van der Waals surface area contributed by atoms with Crippen molar-refractivity contribution in [3.63, 3.8) is 0 Å². The second kappa shape index (κ2) is 6.39. The number of nitrogens with zero attached hydrogens (tertiary/aromatic N) is 3. The predicted molar refractivity (Wildman–Crippen MR) is 87.7 cm³/mol. The first-order valence-electron chi connectivity index (χ1n) is 7.36. The lowest BCUT2D eigenvalue weighted by atomic mass is 9.84. The van der Waals surface area contributed by atoms with Gasteiger partial charge in [0, 0.05) is 11.9 Å². The first-order valence-corrected chi connectivity index (χ1v) is 8.98. The van der Waals surface area contributed by atoms with Gasteiger partial charge in [-0.1, -0.05) is 43.5 Å². The summed E-state index contributed by atoms with van der Waals surface area (Å²) >= 11 is 6.48. The van der Waals surface area contributed by atoms with E-state index in [0.717, 1.165) is 22.3 Å². The van der Waals surface area contributed by atoms with Crippen molar-refractivity contribution >= 4 is 30.0 Å².